The minimum absolute atomic E-state index is 0.200. The van der Waals surface area contributed by atoms with Crippen LogP contribution in [-0.4, -0.2) is 6.54 Å². The number of benzene rings is 1. The molecule has 3 heteroatoms. The second-order valence-electron chi connectivity index (χ2n) is 4.94. The summed E-state index contributed by atoms with van der Waals surface area (Å²) in [6, 6.07) is 4.87. The maximum Gasteiger partial charge on any atom is 0.127 e. The quantitative estimate of drug-likeness (QED) is 0.871. The summed E-state index contributed by atoms with van der Waals surface area (Å²) in [4.78, 5) is 0. The Kier molecular flexibility index (Phi) is 4.41. The number of halogens is 2. The lowest BCUT2D eigenvalue weighted by atomic mass is 9.85. The zero-order valence-corrected chi connectivity index (χ0v) is 10.7. The van der Waals surface area contributed by atoms with Gasteiger partial charge in [-0.15, -0.1) is 0 Å². The van der Waals surface area contributed by atoms with E-state index in [4.69, 9.17) is 17.3 Å². The van der Waals surface area contributed by atoms with Crippen LogP contribution in [0, 0.1) is 17.7 Å². The molecular weight excluding hydrogens is 237 g/mol. The fourth-order valence-corrected chi connectivity index (χ4v) is 3.10. The van der Waals surface area contributed by atoms with Crippen molar-refractivity contribution in [2.24, 2.45) is 17.6 Å². The van der Waals surface area contributed by atoms with Crippen LogP contribution >= 0.6 is 11.6 Å². The first-order valence-electron chi connectivity index (χ1n) is 6.35. The first kappa shape index (κ1) is 12.8. The topological polar surface area (TPSA) is 26.0 Å². The molecule has 0 amide bonds. The van der Waals surface area contributed by atoms with Crippen molar-refractivity contribution < 1.29 is 4.39 Å². The van der Waals surface area contributed by atoms with E-state index in [0.717, 1.165) is 0 Å². The summed E-state index contributed by atoms with van der Waals surface area (Å²) in [7, 11) is 0. The Morgan fingerprint density at radius 1 is 1.35 bits per heavy atom. The van der Waals surface area contributed by atoms with Crippen molar-refractivity contribution in [3.8, 4) is 0 Å². The smallest absolute Gasteiger partial charge is 0.127 e. The highest BCUT2D eigenvalue weighted by Gasteiger charge is 2.25. The van der Waals surface area contributed by atoms with Gasteiger partial charge in [-0.1, -0.05) is 43.4 Å². The lowest BCUT2D eigenvalue weighted by Crippen LogP contribution is -2.24. The third-order valence-corrected chi connectivity index (χ3v) is 4.25. The van der Waals surface area contributed by atoms with Crippen molar-refractivity contribution in [3.63, 3.8) is 0 Å². The molecular formula is C14H19ClFN. The normalized spacial score (nSPS) is 18.5. The molecule has 1 aromatic rings. The third-order valence-electron chi connectivity index (χ3n) is 3.90. The zero-order valence-electron chi connectivity index (χ0n) is 9.96. The average Bonchev–Trinajstić information content (AvgIpc) is 2.82. The fraction of sp³-hybridized carbons (Fsp3) is 0.571. The molecule has 0 heterocycles. The maximum atomic E-state index is 13.7. The summed E-state index contributed by atoms with van der Waals surface area (Å²) >= 11 is 6.06. The maximum absolute atomic E-state index is 13.7. The van der Waals surface area contributed by atoms with E-state index in [2.05, 4.69) is 0 Å². The van der Waals surface area contributed by atoms with Crippen LogP contribution in [0.25, 0.3) is 0 Å². The molecule has 0 spiro atoms. The lowest BCUT2D eigenvalue weighted by Gasteiger charge is -2.22. The van der Waals surface area contributed by atoms with Gasteiger partial charge < -0.3 is 5.73 Å². The van der Waals surface area contributed by atoms with Crippen molar-refractivity contribution in [2.75, 3.05) is 6.54 Å². The molecule has 0 saturated heterocycles. The van der Waals surface area contributed by atoms with E-state index in [1.54, 1.807) is 12.1 Å². The predicted molar refractivity (Wildman–Crippen MR) is 69.6 cm³/mol. The minimum atomic E-state index is -0.200. The van der Waals surface area contributed by atoms with Gasteiger partial charge in [0, 0.05) is 10.6 Å². The molecule has 1 atom stereocenters. The molecule has 1 aliphatic carbocycles. The van der Waals surface area contributed by atoms with Crippen molar-refractivity contribution >= 4 is 11.6 Å². The van der Waals surface area contributed by atoms with Crippen LogP contribution in [0.1, 0.15) is 31.2 Å². The van der Waals surface area contributed by atoms with Gasteiger partial charge in [0.25, 0.3) is 0 Å². The van der Waals surface area contributed by atoms with E-state index in [0.29, 0.717) is 35.4 Å². The van der Waals surface area contributed by atoms with Crippen LogP contribution in [0.4, 0.5) is 4.39 Å². The fourth-order valence-electron chi connectivity index (χ4n) is 2.86. The average molecular weight is 256 g/mol. The van der Waals surface area contributed by atoms with Gasteiger partial charge in [0.05, 0.1) is 0 Å². The van der Waals surface area contributed by atoms with Crippen LogP contribution in [0.5, 0.6) is 0 Å². The molecule has 1 aliphatic rings. The van der Waals surface area contributed by atoms with Crippen LogP contribution in [0.3, 0.4) is 0 Å². The number of rotatable bonds is 4. The molecule has 1 fully saturated rings. The molecule has 1 nitrogen and oxygen atoms in total. The molecule has 1 unspecified atom stereocenters. The van der Waals surface area contributed by atoms with Gasteiger partial charge in [-0.05, 0) is 36.9 Å². The molecule has 17 heavy (non-hydrogen) atoms. The van der Waals surface area contributed by atoms with E-state index in [-0.39, 0.29) is 5.82 Å². The molecule has 2 rings (SSSR count). The van der Waals surface area contributed by atoms with Gasteiger partial charge in [-0.25, -0.2) is 4.39 Å². The van der Waals surface area contributed by atoms with Gasteiger partial charge in [-0.2, -0.15) is 0 Å². The third kappa shape index (κ3) is 2.99. The number of nitrogens with two attached hydrogens (primary N) is 1. The monoisotopic (exact) mass is 255 g/mol. The Morgan fingerprint density at radius 2 is 2.06 bits per heavy atom. The Labute approximate surface area is 107 Å². The van der Waals surface area contributed by atoms with Crippen LogP contribution in [0.2, 0.25) is 5.02 Å². The van der Waals surface area contributed by atoms with Crippen LogP contribution in [-0.2, 0) is 6.42 Å². The van der Waals surface area contributed by atoms with Gasteiger partial charge in [0.1, 0.15) is 5.82 Å². The minimum Gasteiger partial charge on any atom is -0.330 e. The molecule has 2 N–H and O–H groups in total. The molecule has 0 radical (unpaired) electrons. The molecule has 0 aromatic heterocycles. The zero-order chi connectivity index (χ0) is 12.3. The largest absolute Gasteiger partial charge is 0.330 e. The summed E-state index contributed by atoms with van der Waals surface area (Å²) in [5.41, 5.74) is 6.47. The highest BCUT2D eigenvalue weighted by Crippen LogP contribution is 2.34. The summed E-state index contributed by atoms with van der Waals surface area (Å²) in [6.45, 7) is 0.620. The first-order chi connectivity index (χ1) is 8.22. The molecule has 1 aromatic carbocycles. The van der Waals surface area contributed by atoms with Crippen LogP contribution < -0.4 is 5.73 Å². The molecule has 0 bridgehead atoms. The Morgan fingerprint density at radius 3 is 2.65 bits per heavy atom. The summed E-state index contributed by atoms with van der Waals surface area (Å²) in [6.07, 6.45) is 5.70. The summed E-state index contributed by atoms with van der Waals surface area (Å²) in [5, 5.41) is 0.529. The van der Waals surface area contributed by atoms with E-state index in [1.165, 1.54) is 31.7 Å². The predicted octanol–water partition coefficient (Wildman–Crippen LogP) is 3.79. The van der Waals surface area contributed by atoms with Gasteiger partial charge >= 0.3 is 0 Å². The second-order valence-corrected chi connectivity index (χ2v) is 5.35. The van der Waals surface area contributed by atoms with E-state index >= 15 is 0 Å². The van der Waals surface area contributed by atoms with E-state index in [1.807, 2.05) is 0 Å². The van der Waals surface area contributed by atoms with Gasteiger partial charge in [-0.3, -0.25) is 0 Å². The summed E-state index contributed by atoms with van der Waals surface area (Å²) in [5.74, 6) is 0.816. The van der Waals surface area contributed by atoms with E-state index in [9.17, 15) is 4.39 Å². The van der Waals surface area contributed by atoms with Crippen molar-refractivity contribution in [1.29, 1.82) is 0 Å². The van der Waals surface area contributed by atoms with Crippen molar-refractivity contribution in [1.82, 2.24) is 0 Å². The van der Waals surface area contributed by atoms with E-state index < -0.39 is 0 Å². The van der Waals surface area contributed by atoms with Crippen LogP contribution in [0.15, 0.2) is 18.2 Å². The van der Waals surface area contributed by atoms with Crippen molar-refractivity contribution in [3.05, 3.63) is 34.6 Å². The Bertz CT molecular complexity index is 354. The SMILES string of the molecule is NCC(Cc1c(F)cccc1Cl)C1CCCC1. The summed E-state index contributed by atoms with van der Waals surface area (Å²) < 4.78 is 13.7. The standard InChI is InChI=1S/C14H19ClFN/c15-13-6-3-7-14(16)12(13)8-11(9-17)10-4-1-2-5-10/h3,6-7,10-11H,1-2,4-5,8-9,17H2. The number of hydrogen-bond donors (Lipinski definition) is 1. The first-order valence-corrected chi connectivity index (χ1v) is 6.73. The lowest BCUT2D eigenvalue weighted by molar-refractivity contribution is 0.341. The van der Waals surface area contributed by atoms with Gasteiger partial charge in [0.15, 0.2) is 0 Å². The van der Waals surface area contributed by atoms with Crippen molar-refractivity contribution in [2.45, 2.75) is 32.1 Å². The molecule has 0 aliphatic heterocycles. The highest BCUT2D eigenvalue weighted by molar-refractivity contribution is 6.31. The van der Waals surface area contributed by atoms with Gasteiger partial charge in [0.2, 0.25) is 0 Å². The Hall–Kier alpha value is -0.600. The number of hydrogen-bond acceptors (Lipinski definition) is 1. The Balaban J connectivity index is 2.12. The second kappa shape index (κ2) is 5.83. The molecule has 94 valence electrons. The molecule has 1 saturated carbocycles. The highest BCUT2D eigenvalue weighted by atomic mass is 35.5.